The van der Waals surface area contributed by atoms with Gasteiger partial charge in [0.15, 0.2) is 0 Å². The summed E-state index contributed by atoms with van der Waals surface area (Å²) in [7, 11) is 0. The van der Waals surface area contributed by atoms with Gasteiger partial charge in [-0.25, -0.2) is 4.98 Å². The third-order valence-electron chi connectivity index (χ3n) is 2.27. The number of rotatable bonds is 1. The van der Waals surface area contributed by atoms with Crippen molar-refractivity contribution >= 4 is 5.82 Å². The summed E-state index contributed by atoms with van der Waals surface area (Å²) >= 11 is 0. The van der Waals surface area contributed by atoms with Gasteiger partial charge in [-0.2, -0.15) is 0 Å². The van der Waals surface area contributed by atoms with E-state index in [1.807, 2.05) is 12.3 Å². The second-order valence-corrected chi connectivity index (χ2v) is 3.58. The van der Waals surface area contributed by atoms with Crippen molar-refractivity contribution in [3.05, 3.63) is 36.2 Å². The van der Waals surface area contributed by atoms with Crippen molar-refractivity contribution in [3.8, 4) is 0 Å². The van der Waals surface area contributed by atoms with Crippen LogP contribution in [0.3, 0.4) is 0 Å². The lowest BCUT2D eigenvalue weighted by Gasteiger charge is -2.28. The minimum atomic E-state index is 0.477. The normalized spacial score (nSPS) is 14.8. The molecule has 1 aromatic rings. The maximum atomic E-state index is 4.40. The Morgan fingerprint density at radius 3 is 3.08 bits per heavy atom. The summed E-state index contributed by atoms with van der Waals surface area (Å²) in [6.07, 6.45) is 7.17. The van der Waals surface area contributed by atoms with Gasteiger partial charge in [-0.1, -0.05) is 12.1 Å². The fourth-order valence-corrected chi connectivity index (χ4v) is 1.60. The first kappa shape index (κ1) is 8.30. The molecule has 0 atom stereocenters. The van der Waals surface area contributed by atoms with Crippen LogP contribution >= 0.6 is 0 Å². The molecule has 0 radical (unpaired) electrons. The Kier molecular flexibility index (Phi) is 2.05. The summed E-state index contributed by atoms with van der Waals surface area (Å²) in [5.41, 5.74) is 1.32. The molecule has 0 aliphatic carbocycles. The molecule has 0 aromatic carbocycles. The quantitative estimate of drug-likeness (QED) is 0.649. The fraction of sp³-hybridized carbons (Fsp3) is 0.364. The Hall–Kier alpha value is -1.31. The zero-order valence-electron chi connectivity index (χ0n) is 8.07. The fourth-order valence-electron chi connectivity index (χ4n) is 1.60. The van der Waals surface area contributed by atoms with Crippen LogP contribution in [0.1, 0.15) is 19.4 Å². The molecule has 0 amide bonds. The first-order valence-corrected chi connectivity index (χ1v) is 4.68. The Morgan fingerprint density at radius 2 is 2.31 bits per heavy atom. The molecule has 2 heterocycles. The highest BCUT2D eigenvalue weighted by atomic mass is 15.2. The van der Waals surface area contributed by atoms with E-state index in [1.54, 1.807) is 0 Å². The van der Waals surface area contributed by atoms with Gasteiger partial charge >= 0.3 is 0 Å². The monoisotopic (exact) mass is 174 g/mol. The molecule has 68 valence electrons. The smallest absolute Gasteiger partial charge is 0.136 e. The van der Waals surface area contributed by atoms with Crippen LogP contribution in [-0.2, 0) is 6.42 Å². The number of nitrogens with zero attached hydrogens (tertiary/aromatic N) is 2. The molecule has 0 unspecified atom stereocenters. The van der Waals surface area contributed by atoms with Crippen molar-refractivity contribution in [3.63, 3.8) is 0 Å². The minimum Gasteiger partial charge on any atom is -0.331 e. The Labute approximate surface area is 78.9 Å². The molecule has 2 heteroatoms. The lowest BCUT2D eigenvalue weighted by Crippen LogP contribution is -2.28. The molecular formula is C11H14N2. The molecule has 13 heavy (non-hydrogen) atoms. The van der Waals surface area contributed by atoms with Gasteiger partial charge < -0.3 is 4.90 Å². The number of allylic oxidation sites excluding steroid dienone is 1. The van der Waals surface area contributed by atoms with Crippen LogP contribution in [0.5, 0.6) is 0 Å². The van der Waals surface area contributed by atoms with Crippen LogP contribution in [0.15, 0.2) is 30.6 Å². The molecule has 0 saturated heterocycles. The first-order valence-electron chi connectivity index (χ1n) is 4.68. The molecule has 0 saturated carbocycles. The van der Waals surface area contributed by atoms with Gasteiger partial charge in [-0.3, -0.25) is 0 Å². The SMILES string of the molecule is CC(C)N1C=CCc2cccnc21. The van der Waals surface area contributed by atoms with Crippen molar-refractivity contribution in [1.29, 1.82) is 0 Å². The number of anilines is 1. The molecule has 1 aliphatic rings. The van der Waals surface area contributed by atoms with Gasteiger partial charge in [0.05, 0.1) is 0 Å². The summed E-state index contributed by atoms with van der Waals surface area (Å²) in [6.45, 7) is 4.35. The average molecular weight is 174 g/mol. The van der Waals surface area contributed by atoms with Crippen LogP contribution in [0.25, 0.3) is 0 Å². The summed E-state index contributed by atoms with van der Waals surface area (Å²) in [4.78, 5) is 6.60. The highest BCUT2D eigenvalue weighted by molar-refractivity contribution is 5.53. The van der Waals surface area contributed by atoms with Gasteiger partial charge in [-0.15, -0.1) is 0 Å². The van der Waals surface area contributed by atoms with Crippen molar-refractivity contribution < 1.29 is 0 Å². The Bertz CT molecular complexity index is 329. The van der Waals surface area contributed by atoms with Gasteiger partial charge in [0.2, 0.25) is 0 Å². The number of hydrogen-bond donors (Lipinski definition) is 0. The number of hydrogen-bond acceptors (Lipinski definition) is 2. The number of pyridine rings is 1. The molecule has 0 spiro atoms. The maximum absolute atomic E-state index is 4.40. The van der Waals surface area contributed by atoms with E-state index in [0.29, 0.717) is 6.04 Å². The lowest BCUT2D eigenvalue weighted by atomic mass is 10.1. The van der Waals surface area contributed by atoms with Gasteiger partial charge in [0.25, 0.3) is 0 Å². The largest absolute Gasteiger partial charge is 0.331 e. The van der Waals surface area contributed by atoms with E-state index in [4.69, 9.17) is 0 Å². The van der Waals surface area contributed by atoms with Crippen LogP contribution in [0.2, 0.25) is 0 Å². The first-order chi connectivity index (χ1) is 6.29. The van der Waals surface area contributed by atoms with E-state index in [1.165, 1.54) is 5.56 Å². The van der Waals surface area contributed by atoms with Crippen LogP contribution in [0.4, 0.5) is 5.82 Å². The van der Waals surface area contributed by atoms with Gasteiger partial charge in [0.1, 0.15) is 5.82 Å². The Morgan fingerprint density at radius 1 is 1.46 bits per heavy atom. The summed E-state index contributed by atoms with van der Waals surface area (Å²) in [5.74, 6) is 1.11. The van der Waals surface area contributed by atoms with Crippen LogP contribution < -0.4 is 4.90 Å². The van der Waals surface area contributed by atoms with Crippen molar-refractivity contribution in [2.24, 2.45) is 0 Å². The molecule has 2 nitrogen and oxygen atoms in total. The van der Waals surface area contributed by atoms with Crippen molar-refractivity contribution in [1.82, 2.24) is 4.98 Å². The number of fused-ring (bicyclic) bond motifs is 1. The van der Waals surface area contributed by atoms with Crippen LogP contribution in [0, 0.1) is 0 Å². The molecule has 0 N–H and O–H groups in total. The maximum Gasteiger partial charge on any atom is 0.136 e. The highest BCUT2D eigenvalue weighted by Crippen LogP contribution is 2.24. The predicted molar refractivity (Wildman–Crippen MR) is 54.7 cm³/mol. The molecule has 0 bridgehead atoms. The summed E-state index contributed by atoms with van der Waals surface area (Å²) < 4.78 is 0. The van der Waals surface area contributed by atoms with E-state index in [-0.39, 0.29) is 0 Å². The van der Waals surface area contributed by atoms with Crippen LogP contribution in [-0.4, -0.2) is 11.0 Å². The Balaban J connectivity index is 2.42. The van der Waals surface area contributed by atoms with E-state index >= 15 is 0 Å². The summed E-state index contributed by atoms with van der Waals surface area (Å²) in [5, 5.41) is 0. The zero-order chi connectivity index (χ0) is 9.26. The van der Waals surface area contributed by atoms with Crippen molar-refractivity contribution in [2.75, 3.05) is 4.90 Å². The molecular weight excluding hydrogens is 160 g/mol. The second kappa shape index (κ2) is 3.21. The molecule has 1 aliphatic heterocycles. The topological polar surface area (TPSA) is 16.1 Å². The van der Waals surface area contributed by atoms with E-state index in [0.717, 1.165) is 12.2 Å². The molecule has 0 fully saturated rings. The molecule has 1 aromatic heterocycles. The van der Waals surface area contributed by atoms with E-state index in [2.05, 4.69) is 42.1 Å². The van der Waals surface area contributed by atoms with E-state index in [9.17, 15) is 0 Å². The summed E-state index contributed by atoms with van der Waals surface area (Å²) in [6, 6.07) is 4.61. The zero-order valence-corrected chi connectivity index (χ0v) is 8.07. The average Bonchev–Trinajstić information content (AvgIpc) is 2.17. The number of aromatic nitrogens is 1. The van der Waals surface area contributed by atoms with Crippen molar-refractivity contribution in [2.45, 2.75) is 26.3 Å². The van der Waals surface area contributed by atoms with Gasteiger partial charge in [-0.05, 0) is 31.9 Å². The highest BCUT2D eigenvalue weighted by Gasteiger charge is 2.15. The molecule has 2 rings (SSSR count). The second-order valence-electron chi connectivity index (χ2n) is 3.58. The standard InChI is InChI=1S/C11H14N2/c1-9(2)13-8-4-6-10-5-3-7-12-11(10)13/h3-5,7-9H,6H2,1-2H3. The predicted octanol–water partition coefficient (Wildman–Crippen LogP) is 2.37. The van der Waals surface area contributed by atoms with Gasteiger partial charge in [0, 0.05) is 18.4 Å². The minimum absolute atomic E-state index is 0.477. The van der Waals surface area contributed by atoms with E-state index < -0.39 is 0 Å². The lowest BCUT2D eigenvalue weighted by molar-refractivity contribution is 0.757. The third kappa shape index (κ3) is 1.44. The third-order valence-corrected chi connectivity index (χ3v) is 2.27.